The Morgan fingerprint density at radius 1 is 1.47 bits per heavy atom. The predicted octanol–water partition coefficient (Wildman–Crippen LogP) is 1.98. The average molecular weight is 280 g/mol. The van der Waals surface area contributed by atoms with Crippen LogP contribution in [0.15, 0.2) is 5.38 Å². The Balaban J connectivity index is 1.99. The van der Waals surface area contributed by atoms with Crippen LogP contribution < -0.4 is 0 Å². The van der Waals surface area contributed by atoms with E-state index in [4.69, 9.17) is 0 Å². The van der Waals surface area contributed by atoms with Gasteiger partial charge in [0.15, 0.2) is 0 Å². The van der Waals surface area contributed by atoms with Crippen molar-refractivity contribution >= 4 is 23.2 Å². The highest BCUT2D eigenvalue weighted by Crippen LogP contribution is 2.44. The molecule has 0 bridgehead atoms. The second kappa shape index (κ2) is 4.59. The maximum atomic E-state index is 12.1. The SMILES string of the molecule is Cc1csc(C2C(C(=O)O)CCC(=O)N2C2CC2)n1. The molecule has 3 rings (SSSR count). The number of hydrogen-bond acceptors (Lipinski definition) is 4. The van der Waals surface area contributed by atoms with Gasteiger partial charge in [-0.05, 0) is 26.2 Å². The van der Waals surface area contributed by atoms with Gasteiger partial charge in [0.1, 0.15) is 5.01 Å². The van der Waals surface area contributed by atoms with Crippen LogP contribution in [0.4, 0.5) is 0 Å². The molecule has 5 nitrogen and oxygen atoms in total. The lowest BCUT2D eigenvalue weighted by Gasteiger charge is -2.38. The summed E-state index contributed by atoms with van der Waals surface area (Å²) in [7, 11) is 0. The van der Waals surface area contributed by atoms with Crippen LogP contribution in [-0.4, -0.2) is 32.9 Å². The fraction of sp³-hybridized carbons (Fsp3) is 0.615. The van der Waals surface area contributed by atoms with E-state index in [0.717, 1.165) is 23.5 Å². The summed E-state index contributed by atoms with van der Waals surface area (Å²) in [6.07, 6.45) is 2.73. The smallest absolute Gasteiger partial charge is 0.309 e. The minimum absolute atomic E-state index is 0.0813. The molecular formula is C13H16N2O3S. The summed E-state index contributed by atoms with van der Waals surface area (Å²) >= 11 is 1.46. The van der Waals surface area contributed by atoms with Gasteiger partial charge in [0, 0.05) is 23.5 Å². The number of carbonyl (C=O) groups is 2. The molecule has 2 heterocycles. The largest absolute Gasteiger partial charge is 0.481 e. The second-order valence-corrected chi connectivity index (χ2v) is 6.18. The zero-order valence-corrected chi connectivity index (χ0v) is 11.5. The molecule has 1 saturated carbocycles. The van der Waals surface area contributed by atoms with E-state index >= 15 is 0 Å². The molecule has 1 saturated heterocycles. The van der Waals surface area contributed by atoms with Gasteiger partial charge in [-0.3, -0.25) is 9.59 Å². The fourth-order valence-corrected chi connectivity index (χ4v) is 3.71. The zero-order chi connectivity index (χ0) is 13.6. The lowest BCUT2D eigenvalue weighted by Crippen LogP contribution is -2.46. The maximum Gasteiger partial charge on any atom is 0.309 e. The molecule has 6 heteroatoms. The quantitative estimate of drug-likeness (QED) is 0.919. The van der Waals surface area contributed by atoms with Gasteiger partial charge in [-0.25, -0.2) is 4.98 Å². The van der Waals surface area contributed by atoms with Gasteiger partial charge in [-0.2, -0.15) is 0 Å². The van der Waals surface area contributed by atoms with E-state index in [0.29, 0.717) is 12.8 Å². The van der Waals surface area contributed by atoms with Gasteiger partial charge in [-0.15, -0.1) is 11.3 Å². The number of likely N-dealkylation sites (tertiary alicyclic amines) is 1. The van der Waals surface area contributed by atoms with Crippen molar-refractivity contribution in [3.05, 3.63) is 16.1 Å². The van der Waals surface area contributed by atoms with E-state index in [9.17, 15) is 14.7 Å². The number of thiazole rings is 1. The van der Waals surface area contributed by atoms with Crippen molar-refractivity contribution in [3.63, 3.8) is 0 Å². The molecule has 102 valence electrons. The van der Waals surface area contributed by atoms with E-state index in [2.05, 4.69) is 4.98 Å². The van der Waals surface area contributed by atoms with Crippen molar-refractivity contribution in [2.75, 3.05) is 0 Å². The minimum atomic E-state index is -0.823. The molecule has 2 aliphatic rings. The summed E-state index contributed by atoms with van der Waals surface area (Å²) in [5.74, 6) is -1.27. The normalized spacial score (nSPS) is 27.6. The first-order valence-corrected chi connectivity index (χ1v) is 7.42. The van der Waals surface area contributed by atoms with Crippen molar-refractivity contribution in [1.82, 2.24) is 9.88 Å². The third-order valence-corrected chi connectivity index (χ3v) is 4.82. The monoisotopic (exact) mass is 280 g/mol. The predicted molar refractivity (Wildman–Crippen MR) is 69.8 cm³/mol. The van der Waals surface area contributed by atoms with Crippen LogP contribution in [0.2, 0.25) is 0 Å². The molecule has 1 N–H and O–H groups in total. The molecule has 0 spiro atoms. The zero-order valence-electron chi connectivity index (χ0n) is 10.7. The number of nitrogens with zero attached hydrogens (tertiary/aromatic N) is 2. The van der Waals surface area contributed by atoms with Crippen molar-refractivity contribution in [2.45, 2.75) is 44.7 Å². The Morgan fingerprint density at radius 2 is 2.21 bits per heavy atom. The summed E-state index contributed by atoms with van der Waals surface area (Å²) in [6.45, 7) is 1.89. The van der Waals surface area contributed by atoms with Crippen LogP contribution in [0.25, 0.3) is 0 Å². The fourth-order valence-electron chi connectivity index (χ4n) is 2.76. The van der Waals surface area contributed by atoms with Gasteiger partial charge < -0.3 is 10.0 Å². The molecule has 1 aliphatic heterocycles. The summed E-state index contributed by atoms with van der Waals surface area (Å²) in [5.41, 5.74) is 0.887. The van der Waals surface area contributed by atoms with Crippen LogP contribution in [0.3, 0.4) is 0 Å². The van der Waals surface area contributed by atoms with Crippen LogP contribution in [0.1, 0.15) is 42.4 Å². The first-order valence-electron chi connectivity index (χ1n) is 6.54. The van der Waals surface area contributed by atoms with E-state index in [1.54, 1.807) is 4.90 Å². The highest BCUT2D eigenvalue weighted by Gasteiger charge is 2.47. The molecule has 1 aromatic rings. The number of aliphatic carboxylic acids is 1. The Bertz CT molecular complexity index is 524. The number of aromatic nitrogens is 1. The summed E-state index contributed by atoms with van der Waals surface area (Å²) in [6, 6.07) is -0.145. The van der Waals surface area contributed by atoms with E-state index in [-0.39, 0.29) is 18.0 Å². The van der Waals surface area contributed by atoms with Crippen molar-refractivity contribution in [2.24, 2.45) is 5.92 Å². The maximum absolute atomic E-state index is 12.1. The summed E-state index contributed by atoms with van der Waals surface area (Å²) in [4.78, 5) is 29.8. The van der Waals surface area contributed by atoms with Crippen LogP contribution in [0, 0.1) is 12.8 Å². The standard InChI is InChI=1S/C13H16N2O3S/c1-7-6-19-12(14-7)11-9(13(17)18)4-5-10(16)15(11)8-2-3-8/h6,8-9,11H,2-5H2,1H3,(H,17,18). The highest BCUT2D eigenvalue weighted by atomic mass is 32.1. The van der Waals surface area contributed by atoms with Gasteiger partial charge in [0.25, 0.3) is 0 Å². The van der Waals surface area contributed by atoms with Gasteiger partial charge in [0.2, 0.25) is 5.91 Å². The molecular weight excluding hydrogens is 264 g/mol. The van der Waals surface area contributed by atoms with E-state index < -0.39 is 11.9 Å². The van der Waals surface area contributed by atoms with Crippen molar-refractivity contribution in [1.29, 1.82) is 0 Å². The van der Waals surface area contributed by atoms with Crippen LogP contribution >= 0.6 is 11.3 Å². The van der Waals surface area contributed by atoms with Gasteiger partial charge in [0.05, 0.1) is 12.0 Å². The number of hydrogen-bond donors (Lipinski definition) is 1. The minimum Gasteiger partial charge on any atom is -0.481 e. The third-order valence-electron chi connectivity index (χ3n) is 3.79. The number of amides is 1. The molecule has 0 aromatic carbocycles. The number of carboxylic acids is 1. The summed E-state index contributed by atoms with van der Waals surface area (Å²) in [5, 5.41) is 12.1. The van der Waals surface area contributed by atoms with Crippen molar-refractivity contribution in [3.8, 4) is 0 Å². The molecule has 2 unspecified atom stereocenters. The number of rotatable bonds is 3. The first kappa shape index (κ1) is 12.6. The Morgan fingerprint density at radius 3 is 2.74 bits per heavy atom. The van der Waals surface area contributed by atoms with Crippen LogP contribution in [0.5, 0.6) is 0 Å². The highest BCUT2D eigenvalue weighted by molar-refractivity contribution is 7.09. The molecule has 19 heavy (non-hydrogen) atoms. The number of carbonyl (C=O) groups excluding carboxylic acids is 1. The first-order chi connectivity index (χ1) is 9.08. The Hall–Kier alpha value is -1.43. The van der Waals surface area contributed by atoms with Crippen molar-refractivity contribution < 1.29 is 14.7 Å². The third kappa shape index (κ3) is 2.25. The van der Waals surface area contributed by atoms with E-state index in [1.807, 2.05) is 12.3 Å². The molecule has 1 amide bonds. The number of aryl methyl sites for hydroxylation is 1. The summed E-state index contributed by atoms with van der Waals surface area (Å²) < 4.78 is 0. The Kier molecular flexibility index (Phi) is 3.05. The molecule has 2 atom stereocenters. The lowest BCUT2D eigenvalue weighted by molar-refractivity contribution is -0.152. The number of carboxylic acid groups (broad SMARTS) is 1. The van der Waals surface area contributed by atoms with Crippen LogP contribution in [-0.2, 0) is 9.59 Å². The topological polar surface area (TPSA) is 70.5 Å². The molecule has 2 fully saturated rings. The number of piperidine rings is 1. The second-order valence-electron chi connectivity index (χ2n) is 5.29. The lowest BCUT2D eigenvalue weighted by atomic mass is 9.88. The average Bonchev–Trinajstić information content (AvgIpc) is 3.10. The van der Waals surface area contributed by atoms with E-state index in [1.165, 1.54) is 11.3 Å². The van der Waals surface area contributed by atoms with Gasteiger partial charge >= 0.3 is 5.97 Å². The Labute approximate surface area is 115 Å². The van der Waals surface area contributed by atoms with Gasteiger partial charge in [-0.1, -0.05) is 0 Å². The molecule has 1 aromatic heterocycles. The molecule has 1 aliphatic carbocycles. The molecule has 0 radical (unpaired) electrons.